The zero-order chi connectivity index (χ0) is 44.9. The Bertz CT molecular complexity index is 2590. The highest BCUT2D eigenvalue weighted by atomic mass is 16.5. The van der Waals surface area contributed by atoms with Gasteiger partial charge in [-0.05, 0) is 84.4 Å². The molecule has 62 heavy (non-hydrogen) atoms. The number of nitrogens with zero attached hydrogens (tertiary/aromatic N) is 1. The maximum Gasteiger partial charge on any atom is 0.339 e. The van der Waals surface area contributed by atoms with Crippen molar-refractivity contribution in [2.24, 2.45) is 0 Å². The van der Waals surface area contributed by atoms with Gasteiger partial charge in [-0.3, -0.25) is 24.0 Å². The first kappa shape index (κ1) is 44.3. The summed E-state index contributed by atoms with van der Waals surface area (Å²) >= 11 is 0. The lowest BCUT2D eigenvalue weighted by molar-refractivity contribution is -0.118. The lowest BCUT2D eigenvalue weighted by Gasteiger charge is -2.17. The van der Waals surface area contributed by atoms with Crippen LogP contribution in [0, 0.1) is 11.3 Å². The largest absolute Gasteiger partial charge is 0.504 e. The molecule has 0 saturated heterocycles. The second kappa shape index (κ2) is 20.2. The fraction of sp³-hybridized carbons (Fsp3) is 0.114. The first-order valence-corrected chi connectivity index (χ1v) is 18.2. The number of benzene rings is 5. The number of hydrogen-bond donors (Lipinski definition) is 8. The molecule has 5 aromatic carbocycles. The van der Waals surface area contributed by atoms with Gasteiger partial charge in [-0.1, -0.05) is 30.3 Å². The number of phenolic OH excluding ortho intramolecular Hbond substituents is 1. The predicted molar refractivity (Wildman–Crippen MR) is 225 cm³/mol. The second-order valence-electron chi connectivity index (χ2n) is 12.9. The Kier molecular flexibility index (Phi) is 14.4. The molecule has 0 fully saturated rings. The van der Waals surface area contributed by atoms with Crippen molar-refractivity contribution < 1.29 is 58.3 Å². The monoisotopic (exact) mass is 842 g/mol. The zero-order valence-corrected chi connectivity index (χ0v) is 33.1. The Morgan fingerprint density at radius 2 is 1.16 bits per heavy atom. The molecule has 18 nitrogen and oxygen atoms in total. The molecule has 0 saturated carbocycles. The molecule has 5 rings (SSSR count). The molecule has 0 bridgehead atoms. The number of amides is 5. The molecule has 0 aliphatic carbocycles. The van der Waals surface area contributed by atoms with Gasteiger partial charge in [0, 0.05) is 22.5 Å². The summed E-state index contributed by atoms with van der Waals surface area (Å²) in [6.07, 6.45) is 1.21. The molecule has 8 N–H and O–H groups in total. The molecular formula is C44H38N6O12. The van der Waals surface area contributed by atoms with E-state index in [4.69, 9.17) is 14.2 Å². The number of carbonyl (C=O) groups excluding carboxylic acids is 5. The van der Waals surface area contributed by atoms with E-state index in [0.29, 0.717) is 5.69 Å². The summed E-state index contributed by atoms with van der Waals surface area (Å²) in [5, 5.41) is 52.7. The van der Waals surface area contributed by atoms with Gasteiger partial charge in [0.1, 0.15) is 11.6 Å². The molecule has 0 aromatic heterocycles. The first-order chi connectivity index (χ1) is 29.8. The molecule has 1 atom stereocenters. The zero-order valence-electron chi connectivity index (χ0n) is 33.1. The Morgan fingerprint density at radius 3 is 1.69 bits per heavy atom. The lowest BCUT2D eigenvalue weighted by atomic mass is 10.1. The van der Waals surface area contributed by atoms with Crippen LogP contribution in [0.3, 0.4) is 0 Å². The van der Waals surface area contributed by atoms with Crippen molar-refractivity contribution in [1.29, 1.82) is 5.26 Å². The van der Waals surface area contributed by atoms with Crippen LogP contribution in [0.15, 0.2) is 109 Å². The number of aromatic carboxylic acids is 1. The van der Waals surface area contributed by atoms with Crippen molar-refractivity contribution in [3.63, 3.8) is 0 Å². The summed E-state index contributed by atoms with van der Waals surface area (Å²) < 4.78 is 15.6. The normalized spacial score (nSPS) is 11.2. The van der Waals surface area contributed by atoms with E-state index in [9.17, 15) is 49.3 Å². The number of nitriles is 1. The van der Waals surface area contributed by atoms with Gasteiger partial charge in [-0.25, -0.2) is 4.79 Å². The minimum atomic E-state index is -1.43. The molecule has 0 unspecified atom stereocenters. The van der Waals surface area contributed by atoms with Gasteiger partial charge < -0.3 is 56.1 Å². The highest BCUT2D eigenvalue weighted by molar-refractivity contribution is 6.11. The predicted octanol–water partition coefficient (Wildman–Crippen LogP) is 5.59. The van der Waals surface area contributed by atoms with E-state index in [1.54, 1.807) is 6.08 Å². The summed E-state index contributed by atoms with van der Waals surface area (Å²) in [5.74, 6) is -6.78. The highest BCUT2D eigenvalue weighted by Gasteiger charge is 2.25. The van der Waals surface area contributed by atoms with E-state index >= 15 is 0 Å². The van der Waals surface area contributed by atoms with Crippen LogP contribution in [-0.2, 0) is 14.3 Å². The number of nitrogens with one attached hydrogen (secondary N) is 5. The fourth-order valence-electron chi connectivity index (χ4n) is 5.78. The Labute approximate surface area is 353 Å². The molecule has 0 aliphatic heterocycles. The topological polar surface area (TPSA) is 275 Å². The molecule has 0 heterocycles. The fourth-order valence-corrected chi connectivity index (χ4v) is 5.78. The number of methoxy groups -OCH3 is 3. The number of anilines is 4. The van der Waals surface area contributed by atoms with Crippen molar-refractivity contribution in [2.45, 2.75) is 12.5 Å². The molecule has 0 spiro atoms. The van der Waals surface area contributed by atoms with Crippen molar-refractivity contribution >= 4 is 64.3 Å². The number of aromatic hydroxyl groups is 2. The SMILES string of the molecule is CO/C(=C\c1ccccc1)C(=O)Nc1ccc(C(=O)N[C@@H](CC#N)C(=O)Nc2ccc(C(=O)Nc3ccc(C(=O)Nc4ccc(C(=O)O)c(O)c4OC)c(O)c3OC)cc2)cc1. The Balaban J connectivity index is 1.19. The number of carboxylic acids is 1. The number of ether oxygens (including phenoxy) is 3. The van der Waals surface area contributed by atoms with Crippen molar-refractivity contribution in [3.05, 3.63) is 137 Å². The van der Waals surface area contributed by atoms with Crippen molar-refractivity contribution in [3.8, 4) is 29.1 Å². The third kappa shape index (κ3) is 10.6. The minimum absolute atomic E-state index is 0.0179. The van der Waals surface area contributed by atoms with E-state index in [1.807, 2.05) is 36.4 Å². The lowest BCUT2D eigenvalue weighted by Crippen LogP contribution is -2.43. The van der Waals surface area contributed by atoms with Gasteiger partial charge in [-0.2, -0.15) is 5.26 Å². The molecule has 5 amide bonds. The molecule has 0 aliphatic rings. The van der Waals surface area contributed by atoms with Gasteiger partial charge in [0.25, 0.3) is 23.6 Å². The molecule has 5 aromatic rings. The minimum Gasteiger partial charge on any atom is -0.504 e. The summed E-state index contributed by atoms with van der Waals surface area (Å²) in [6.45, 7) is 0. The molecule has 18 heteroatoms. The number of phenols is 2. The maximum absolute atomic E-state index is 13.2. The number of rotatable bonds is 16. The Morgan fingerprint density at radius 1 is 0.645 bits per heavy atom. The van der Waals surface area contributed by atoms with Crippen LogP contribution in [0.2, 0.25) is 0 Å². The number of carboxylic acid groups (broad SMARTS) is 1. The van der Waals surface area contributed by atoms with Crippen LogP contribution >= 0.6 is 0 Å². The third-order valence-corrected chi connectivity index (χ3v) is 8.92. The van der Waals surface area contributed by atoms with Gasteiger partial charge in [0.2, 0.25) is 5.91 Å². The molecule has 316 valence electrons. The van der Waals surface area contributed by atoms with E-state index in [1.165, 1.54) is 80.9 Å². The second-order valence-corrected chi connectivity index (χ2v) is 12.9. The van der Waals surface area contributed by atoms with Gasteiger partial charge >= 0.3 is 5.97 Å². The van der Waals surface area contributed by atoms with E-state index < -0.39 is 58.6 Å². The highest BCUT2D eigenvalue weighted by Crippen LogP contribution is 2.40. The van der Waals surface area contributed by atoms with Gasteiger partial charge in [0.05, 0.1) is 50.8 Å². The Hall–Kier alpha value is -8.85. The number of carbonyl (C=O) groups is 6. The van der Waals surface area contributed by atoms with Crippen LogP contribution in [0.5, 0.6) is 23.0 Å². The average Bonchev–Trinajstić information content (AvgIpc) is 3.26. The van der Waals surface area contributed by atoms with Crippen LogP contribution < -0.4 is 36.1 Å². The molecular weight excluding hydrogens is 805 g/mol. The molecule has 0 radical (unpaired) electrons. The standard InChI is InChI=1S/C44H38N6O12/c1-60-34(23-24-7-5-4-6-8-24)43(57)47-28-15-11-26(12-16-28)40(54)50-33(21-22-45)42(56)46-27-13-9-25(10-14-27)39(53)48-31-19-17-29(35(51)37(31)61-2)41(55)49-32-20-18-30(44(58)59)36(52)38(32)62-3/h4-20,23,33,51-52H,21H2,1-3H3,(H,46,56)(H,47,57)(H,48,53)(H,49,55)(H,50,54)(H,58,59)/b34-23-/t33-/m0/s1. The van der Waals surface area contributed by atoms with Gasteiger partial charge in [-0.15, -0.1) is 0 Å². The van der Waals surface area contributed by atoms with Crippen LogP contribution in [0.1, 0.15) is 53.4 Å². The van der Waals surface area contributed by atoms with Crippen LogP contribution in [0.4, 0.5) is 22.7 Å². The first-order valence-electron chi connectivity index (χ1n) is 18.2. The quantitative estimate of drug-likeness (QED) is 0.0445. The van der Waals surface area contributed by atoms with Crippen molar-refractivity contribution in [1.82, 2.24) is 5.32 Å². The summed E-state index contributed by atoms with van der Waals surface area (Å²) in [5.41, 5.74) is 0.737. The van der Waals surface area contributed by atoms with E-state index in [-0.39, 0.29) is 57.4 Å². The third-order valence-electron chi connectivity index (χ3n) is 8.92. The summed E-state index contributed by atoms with van der Waals surface area (Å²) in [4.78, 5) is 76.7. The summed E-state index contributed by atoms with van der Waals surface area (Å²) in [7, 11) is 3.72. The van der Waals surface area contributed by atoms with E-state index in [0.717, 1.165) is 18.7 Å². The maximum atomic E-state index is 13.2. The van der Waals surface area contributed by atoms with Crippen LogP contribution in [-0.4, -0.2) is 78.2 Å². The number of hydrogen-bond acceptors (Lipinski definition) is 12. The smallest absolute Gasteiger partial charge is 0.339 e. The summed E-state index contributed by atoms with van der Waals surface area (Å²) in [6, 6.07) is 25.9. The van der Waals surface area contributed by atoms with E-state index in [2.05, 4.69) is 26.6 Å². The average molecular weight is 843 g/mol. The van der Waals surface area contributed by atoms with Crippen LogP contribution in [0.25, 0.3) is 6.08 Å². The van der Waals surface area contributed by atoms with Crippen molar-refractivity contribution in [2.75, 3.05) is 42.6 Å². The van der Waals surface area contributed by atoms with Gasteiger partial charge in [0.15, 0.2) is 28.8 Å².